The van der Waals surface area contributed by atoms with Gasteiger partial charge in [-0.05, 0) is 81.5 Å². The first kappa shape index (κ1) is 15.5. The Balaban J connectivity index is 1.58. The van der Waals surface area contributed by atoms with Gasteiger partial charge in [0.2, 0.25) is 0 Å². The lowest BCUT2D eigenvalue weighted by molar-refractivity contribution is -0.0571. The van der Waals surface area contributed by atoms with Crippen molar-refractivity contribution in [3.05, 3.63) is 34.4 Å². The van der Waals surface area contributed by atoms with E-state index in [9.17, 15) is 17.6 Å². The second-order valence-electron chi connectivity index (χ2n) is 8.28. The van der Waals surface area contributed by atoms with E-state index in [1.165, 1.54) is 19.3 Å². The third-order valence-electron chi connectivity index (χ3n) is 6.64. The van der Waals surface area contributed by atoms with Crippen molar-refractivity contribution in [1.29, 1.82) is 0 Å². The summed E-state index contributed by atoms with van der Waals surface area (Å²) in [4.78, 5) is 0. The molecule has 0 aromatic heterocycles. The van der Waals surface area contributed by atoms with Gasteiger partial charge in [-0.1, -0.05) is 0 Å². The Morgan fingerprint density at radius 2 is 1.22 bits per heavy atom. The van der Waals surface area contributed by atoms with Crippen LogP contribution in [-0.4, -0.2) is 0 Å². The Morgan fingerprint density at radius 3 is 1.65 bits per heavy atom. The fourth-order valence-corrected chi connectivity index (χ4v) is 5.99. The highest BCUT2D eigenvalue weighted by Gasteiger charge is 2.50. The van der Waals surface area contributed by atoms with Gasteiger partial charge in [-0.15, -0.1) is 0 Å². The summed E-state index contributed by atoms with van der Waals surface area (Å²) in [6.45, 7) is 1.07. The molecule has 23 heavy (non-hydrogen) atoms. The number of rotatable bonds is 3. The standard InChI is InChI=1S/C19H22F4/c1-10-15(20)17(22)14(18(23)16(10)21)2-3-19-7-11-4-12(8-19)6-13(5-11)9-19/h11-13H,2-9H2,1H3. The normalized spacial score (nSPS) is 35.1. The predicted molar refractivity (Wildman–Crippen MR) is 79.9 cm³/mol. The van der Waals surface area contributed by atoms with E-state index in [1.54, 1.807) is 0 Å². The second kappa shape index (κ2) is 5.22. The molecular formula is C19H22F4. The Hall–Kier alpha value is -1.06. The molecule has 1 aromatic carbocycles. The van der Waals surface area contributed by atoms with Gasteiger partial charge in [0.05, 0.1) is 0 Å². The number of halogens is 4. The molecule has 0 N–H and O–H groups in total. The van der Waals surface area contributed by atoms with Crippen LogP contribution in [0.1, 0.15) is 56.1 Å². The van der Waals surface area contributed by atoms with E-state index >= 15 is 0 Å². The molecule has 126 valence electrons. The van der Waals surface area contributed by atoms with Crippen molar-refractivity contribution in [3.8, 4) is 0 Å². The Labute approximate surface area is 134 Å². The monoisotopic (exact) mass is 326 g/mol. The van der Waals surface area contributed by atoms with Crippen molar-refractivity contribution in [3.63, 3.8) is 0 Å². The van der Waals surface area contributed by atoms with Crippen molar-refractivity contribution in [2.75, 3.05) is 0 Å². The summed E-state index contributed by atoms with van der Waals surface area (Å²) in [6, 6.07) is 0. The van der Waals surface area contributed by atoms with Gasteiger partial charge in [0.15, 0.2) is 23.3 Å². The molecule has 1 aromatic rings. The van der Waals surface area contributed by atoms with E-state index in [4.69, 9.17) is 0 Å². The summed E-state index contributed by atoms with van der Waals surface area (Å²) in [5, 5.41) is 0. The topological polar surface area (TPSA) is 0 Å². The summed E-state index contributed by atoms with van der Waals surface area (Å²) in [7, 11) is 0. The van der Waals surface area contributed by atoms with E-state index in [0.29, 0.717) is 6.42 Å². The van der Waals surface area contributed by atoms with Crippen LogP contribution in [0.25, 0.3) is 0 Å². The van der Waals surface area contributed by atoms with Gasteiger partial charge in [0, 0.05) is 11.1 Å². The number of hydrogen-bond donors (Lipinski definition) is 0. The molecule has 0 aliphatic heterocycles. The van der Waals surface area contributed by atoms with E-state index in [-0.39, 0.29) is 11.8 Å². The van der Waals surface area contributed by atoms with Crippen molar-refractivity contribution in [1.82, 2.24) is 0 Å². The first-order valence-corrected chi connectivity index (χ1v) is 8.70. The van der Waals surface area contributed by atoms with Crippen LogP contribution in [0, 0.1) is 53.4 Å². The lowest BCUT2D eigenvalue weighted by Crippen LogP contribution is -2.46. The SMILES string of the molecule is Cc1c(F)c(F)c(CCC23CC4CC(CC(C4)C2)C3)c(F)c1F. The van der Waals surface area contributed by atoms with Gasteiger partial charge in [0.1, 0.15) is 0 Å². The van der Waals surface area contributed by atoms with E-state index in [1.807, 2.05) is 0 Å². The summed E-state index contributed by atoms with van der Waals surface area (Å²) in [5.41, 5.74) is -0.828. The summed E-state index contributed by atoms with van der Waals surface area (Å²) < 4.78 is 55.6. The molecule has 0 atom stereocenters. The second-order valence-corrected chi connectivity index (χ2v) is 8.28. The highest BCUT2D eigenvalue weighted by atomic mass is 19.2. The molecule has 4 aliphatic carbocycles. The lowest BCUT2D eigenvalue weighted by atomic mass is 9.48. The molecule has 4 fully saturated rings. The van der Waals surface area contributed by atoms with Gasteiger partial charge < -0.3 is 0 Å². The zero-order valence-electron chi connectivity index (χ0n) is 13.4. The summed E-state index contributed by atoms with van der Waals surface area (Å²) in [5.74, 6) is -2.64. The minimum atomic E-state index is -1.25. The van der Waals surface area contributed by atoms with Crippen LogP contribution in [-0.2, 0) is 6.42 Å². The maximum absolute atomic E-state index is 14.1. The molecule has 5 rings (SSSR count). The maximum Gasteiger partial charge on any atom is 0.165 e. The first-order valence-electron chi connectivity index (χ1n) is 8.70. The first-order chi connectivity index (χ1) is 10.9. The molecule has 0 unspecified atom stereocenters. The zero-order chi connectivity index (χ0) is 16.4. The van der Waals surface area contributed by atoms with Crippen molar-refractivity contribution in [2.24, 2.45) is 23.2 Å². The van der Waals surface area contributed by atoms with Crippen LogP contribution in [0.5, 0.6) is 0 Å². The van der Waals surface area contributed by atoms with Crippen LogP contribution >= 0.6 is 0 Å². The fourth-order valence-electron chi connectivity index (χ4n) is 5.99. The predicted octanol–water partition coefficient (Wildman–Crippen LogP) is 5.70. The molecule has 0 heterocycles. The molecule has 0 saturated heterocycles. The van der Waals surface area contributed by atoms with E-state index in [0.717, 1.165) is 43.9 Å². The Bertz CT molecular complexity index is 585. The third kappa shape index (κ3) is 2.40. The molecule has 4 bridgehead atoms. The smallest absolute Gasteiger partial charge is 0.165 e. The molecule has 0 nitrogen and oxygen atoms in total. The van der Waals surface area contributed by atoms with Gasteiger partial charge in [-0.2, -0.15) is 0 Å². The van der Waals surface area contributed by atoms with Crippen LogP contribution in [0.4, 0.5) is 17.6 Å². The molecule has 4 aliphatic rings. The fraction of sp³-hybridized carbons (Fsp3) is 0.684. The van der Waals surface area contributed by atoms with Gasteiger partial charge in [0.25, 0.3) is 0 Å². The van der Waals surface area contributed by atoms with Gasteiger partial charge >= 0.3 is 0 Å². The van der Waals surface area contributed by atoms with Crippen LogP contribution in [0.15, 0.2) is 0 Å². The molecular weight excluding hydrogens is 304 g/mol. The van der Waals surface area contributed by atoms with Crippen molar-refractivity contribution < 1.29 is 17.6 Å². The van der Waals surface area contributed by atoms with Gasteiger partial charge in [-0.3, -0.25) is 0 Å². The van der Waals surface area contributed by atoms with Crippen molar-refractivity contribution in [2.45, 2.75) is 58.3 Å². The molecule has 4 heteroatoms. The van der Waals surface area contributed by atoms with Crippen LogP contribution in [0.3, 0.4) is 0 Å². The Morgan fingerprint density at radius 1 is 0.783 bits per heavy atom. The van der Waals surface area contributed by atoms with Crippen LogP contribution < -0.4 is 0 Å². The zero-order valence-corrected chi connectivity index (χ0v) is 13.4. The average molecular weight is 326 g/mol. The molecule has 0 radical (unpaired) electrons. The summed E-state index contributed by atoms with van der Waals surface area (Å²) in [6.07, 6.45) is 8.02. The lowest BCUT2D eigenvalue weighted by Gasteiger charge is -2.57. The largest absolute Gasteiger partial charge is 0.203 e. The van der Waals surface area contributed by atoms with Crippen LogP contribution in [0.2, 0.25) is 0 Å². The van der Waals surface area contributed by atoms with E-state index < -0.39 is 34.4 Å². The number of hydrogen-bond acceptors (Lipinski definition) is 0. The van der Waals surface area contributed by atoms with E-state index in [2.05, 4.69) is 0 Å². The maximum atomic E-state index is 14.1. The number of benzene rings is 1. The minimum absolute atomic E-state index is 0.0952. The quantitative estimate of drug-likeness (QED) is 0.494. The molecule has 0 spiro atoms. The van der Waals surface area contributed by atoms with Gasteiger partial charge in [-0.25, -0.2) is 17.6 Å². The minimum Gasteiger partial charge on any atom is -0.203 e. The summed E-state index contributed by atoms with van der Waals surface area (Å²) >= 11 is 0. The van der Waals surface area contributed by atoms with Crippen molar-refractivity contribution >= 4 is 0 Å². The molecule has 0 amide bonds. The third-order valence-corrected chi connectivity index (χ3v) is 6.64. The highest BCUT2D eigenvalue weighted by molar-refractivity contribution is 5.29. The Kier molecular flexibility index (Phi) is 3.51. The highest BCUT2D eigenvalue weighted by Crippen LogP contribution is 2.61. The average Bonchev–Trinajstić information content (AvgIpc) is 2.49. The molecule has 4 saturated carbocycles.